The van der Waals surface area contributed by atoms with E-state index in [1.54, 1.807) is 0 Å². The zero-order chi connectivity index (χ0) is 27.2. The van der Waals surface area contributed by atoms with Gasteiger partial charge in [0, 0.05) is 0 Å². The molecular formula is C10H11N11O14. The number of hydrazine groups is 4. The van der Waals surface area contributed by atoms with Crippen LogP contribution >= 0.6 is 0 Å². The highest BCUT2D eigenvalue weighted by Gasteiger charge is 2.39. The highest BCUT2D eigenvalue weighted by molar-refractivity contribution is 5.76. The van der Waals surface area contributed by atoms with Crippen molar-refractivity contribution in [1.29, 1.82) is 0 Å². The van der Waals surface area contributed by atoms with E-state index in [1.165, 1.54) is 0 Å². The fraction of sp³-hybridized carbons (Fsp3) is 0.400. The van der Waals surface area contributed by atoms with Gasteiger partial charge >= 0.3 is 11.4 Å². The number of hydrogen-bond donors (Lipinski definition) is 0. The van der Waals surface area contributed by atoms with Crippen LogP contribution in [0.4, 0.5) is 22.7 Å². The van der Waals surface area contributed by atoms with Gasteiger partial charge in [0.15, 0.2) is 20.1 Å². The Morgan fingerprint density at radius 2 is 0.943 bits per heavy atom. The first-order chi connectivity index (χ1) is 16.1. The van der Waals surface area contributed by atoms with Crippen LogP contribution in [-0.2, 0) is 0 Å². The van der Waals surface area contributed by atoms with E-state index in [1.807, 2.05) is 0 Å². The summed E-state index contributed by atoms with van der Waals surface area (Å²) in [6.45, 7) is -1.78. The van der Waals surface area contributed by atoms with Crippen molar-refractivity contribution >= 4 is 22.7 Å². The Morgan fingerprint density at radius 3 is 1.14 bits per heavy atom. The molecule has 1 fully saturated rings. The maximum Gasteiger partial charge on any atom is 0.312 e. The van der Waals surface area contributed by atoms with Crippen LogP contribution in [-0.4, -0.2) is 77.0 Å². The lowest BCUT2D eigenvalue weighted by Crippen LogP contribution is -2.59. The fourth-order valence-corrected chi connectivity index (χ4v) is 2.40. The standard InChI is InChI=1S/C7H5N5O8.C3H6N6O6/c1-8(12(19)20)7-5(10(15)16)2-4(9(13)14)3-6(7)11(17)18;10-7(11)4-1-5(8(12)13)3-6(2-4)9(14)15/h2-3H,1H3;1-3H2. The quantitative estimate of drug-likeness (QED) is 0.311. The van der Waals surface area contributed by atoms with Crippen LogP contribution in [0, 0.1) is 70.8 Å². The van der Waals surface area contributed by atoms with Crippen molar-refractivity contribution in [3.8, 4) is 0 Å². The maximum absolute atomic E-state index is 10.8. The average Bonchev–Trinajstić information content (AvgIpc) is 2.77. The van der Waals surface area contributed by atoms with E-state index in [9.17, 15) is 70.8 Å². The number of nitro benzene ring substituents is 3. The predicted molar refractivity (Wildman–Crippen MR) is 103 cm³/mol. The van der Waals surface area contributed by atoms with Gasteiger partial charge in [-0.15, -0.1) is 0 Å². The molecule has 1 heterocycles. The maximum atomic E-state index is 10.8. The van der Waals surface area contributed by atoms with Gasteiger partial charge in [-0.3, -0.25) is 30.3 Å². The minimum absolute atomic E-state index is 0.0555. The molecule has 0 spiro atoms. The molecule has 1 aromatic carbocycles. The van der Waals surface area contributed by atoms with E-state index in [-0.39, 0.29) is 5.01 Å². The summed E-state index contributed by atoms with van der Waals surface area (Å²) in [6, 6.07) is 0.838. The molecule has 0 atom stereocenters. The Morgan fingerprint density at radius 1 is 0.629 bits per heavy atom. The van der Waals surface area contributed by atoms with Crippen LogP contribution < -0.4 is 5.01 Å². The number of benzene rings is 1. The summed E-state index contributed by atoms with van der Waals surface area (Å²) in [4.78, 5) is 70.4. The van der Waals surface area contributed by atoms with E-state index >= 15 is 0 Å². The van der Waals surface area contributed by atoms with Gasteiger partial charge in [-0.1, -0.05) is 20.0 Å². The summed E-state index contributed by atoms with van der Waals surface area (Å²) in [7, 11) is 0.751. The van der Waals surface area contributed by atoms with Crippen LogP contribution in [0.1, 0.15) is 0 Å². The third-order valence-corrected chi connectivity index (χ3v) is 3.90. The second-order valence-corrected chi connectivity index (χ2v) is 6.02. The lowest BCUT2D eigenvalue weighted by atomic mass is 10.2. The molecule has 0 aliphatic carbocycles. The van der Waals surface area contributed by atoms with Crippen molar-refractivity contribution in [2.24, 2.45) is 0 Å². The van der Waals surface area contributed by atoms with E-state index in [0.717, 1.165) is 7.05 Å². The third-order valence-electron chi connectivity index (χ3n) is 3.90. The van der Waals surface area contributed by atoms with E-state index < -0.39 is 77.7 Å². The Bertz CT molecular complexity index is 1000. The summed E-state index contributed by atoms with van der Waals surface area (Å²) < 4.78 is 0. The molecule has 0 amide bonds. The molecule has 190 valence electrons. The van der Waals surface area contributed by atoms with Gasteiger partial charge in [-0.05, 0) is 0 Å². The van der Waals surface area contributed by atoms with Gasteiger partial charge in [0.25, 0.3) is 11.4 Å². The molecule has 1 aliphatic heterocycles. The van der Waals surface area contributed by atoms with Crippen LogP contribution in [0.25, 0.3) is 0 Å². The largest absolute Gasteiger partial charge is 0.312 e. The zero-order valence-electron chi connectivity index (χ0n) is 16.9. The minimum atomic E-state index is -1.17. The molecule has 35 heavy (non-hydrogen) atoms. The van der Waals surface area contributed by atoms with Crippen LogP contribution in [0.2, 0.25) is 0 Å². The van der Waals surface area contributed by atoms with Crippen molar-refractivity contribution in [2.75, 3.05) is 32.1 Å². The van der Waals surface area contributed by atoms with Crippen molar-refractivity contribution in [3.05, 3.63) is 82.9 Å². The lowest BCUT2D eigenvalue weighted by molar-refractivity contribution is -0.775. The van der Waals surface area contributed by atoms with E-state index in [2.05, 4.69) is 0 Å². The molecule has 0 N–H and O–H groups in total. The second-order valence-electron chi connectivity index (χ2n) is 6.02. The van der Waals surface area contributed by atoms with Crippen molar-refractivity contribution in [3.63, 3.8) is 0 Å². The Balaban J connectivity index is 0.000000365. The molecule has 1 saturated heterocycles. The van der Waals surface area contributed by atoms with Crippen molar-refractivity contribution < 1.29 is 34.9 Å². The first kappa shape index (κ1) is 27.3. The van der Waals surface area contributed by atoms with Gasteiger partial charge < -0.3 is 0 Å². The van der Waals surface area contributed by atoms with Crippen LogP contribution in [0.3, 0.4) is 0 Å². The Hall–Kier alpha value is -5.78. The number of rotatable bonds is 8. The first-order valence-electron chi connectivity index (χ1n) is 8.25. The van der Waals surface area contributed by atoms with Crippen LogP contribution in [0.5, 0.6) is 0 Å². The molecule has 25 heteroatoms. The summed E-state index contributed by atoms with van der Waals surface area (Å²) in [5.41, 5.74) is -4.07. The number of hydrogen-bond acceptors (Lipinski definition) is 14. The van der Waals surface area contributed by atoms with E-state index in [4.69, 9.17) is 0 Å². The molecule has 25 nitrogen and oxygen atoms in total. The summed E-state index contributed by atoms with van der Waals surface area (Å²) in [5, 5.41) is 71.1. The predicted octanol–water partition coefficient (Wildman–Crippen LogP) is -0.607. The lowest BCUT2D eigenvalue weighted by Gasteiger charge is -2.27. The molecule has 0 radical (unpaired) electrons. The minimum Gasteiger partial charge on any atom is -0.258 e. The van der Waals surface area contributed by atoms with Gasteiger partial charge in [0.1, 0.15) is 0 Å². The molecule has 1 aromatic rings. The molecule has 0 unspecified atom stereocenters. The highest BCUT2D eigenvalue weighted by Crippen LogP contribution is 2.40. The number of nitro groups is 7. The molecule has 2 rings (SSSR count). The SMILES string of the molecule is CN(c1c([N+](=O)[O-])cc([N+](=O)[O-])cc1[N+](=O)[O-])[N+](=O)[O-].O=[N+]([O-])N1CN([N+](=O)[O-])CN([N+](=O)[O-])C1. The van der Waals surface area contributed by atoms with Crippen LogP contribution in [0.15, 0.2) is 12.1 Å². The van der Waals surface area contributed by atoms with E-state index in [0.29, 0.717) is 27.2 Å². The average molecular weight is 509 g/mol. The summed E-state index contributed by atoms with van der Waals surface area (Å²) >= 11 is 0. The Labute approximate surface area is 188 Å². The van der Waals surface area contributed by atoms with Gasteiger partial charge in [0.05, 0.1) is 34.0 Å². The number of nitrogens with zero attached hydrogens (tertiary/aromatic N) is 11. The van der Waals surface area contributed by atoms with Gasteiger partial charge in [-0.2, -0.15) is 0 Å². The molecule has 0 bridgehead atoms. The van der Waals surface area contributed by atoms with Crippen molar-refractivity contribution in [1.82, 2.24) is 15.0 Å². The van der Waals surface area contributed by atoms with Crippen molar-refractivity contribution in [2.45, 2.75) is 0 Å². The second kappa shape index (κ2) is 10.7. The monoisotopic (exact) mass is 509 g/mol. The van der Waals surface area contributed by atoms with Gasteiger partial charge in [-0.25, -0.2) is 40.5 Å². The molecular weight excluding hydrogens is 498 g/mol. The zero-order valence-corrected chi connectivity index (χ0v) is 16.9. The smallest absolute Gasteiger partial charge is 0.258 e. The first-order valence-corrected chi connectivity index (χ1v) is 8.25. The third kappa shape index (κ3) is 6.60. The number of anilines is 1. The molecule has 1 aliphatic rings. The topological polar surface area (TPSA) is 315 Å². The molecule has 0 saturated carbocycles. The fourth-order valence-electron chi connectivity index (χ4n) is 2.40. The highest BCUT2D eigenvalue weighted by atomic mass is 16.7. The number of non-ortho nitro benzene ring substituents is 1. The summed E-state index contributed by atoms with van der Waals surface area (Å²) in [5.74, 6) is 0. The Kier molecular flexibility index (Phi) is 8.33. The normalized spacial score (nSPS) is 12.7. The summed E-state index contributed by atoms with van der Waals surface area (Å²) in [6.07, 6.45) is 0. The molecule has 0 aromatic heterocycles. The van der Waals surface area contributed by atoms with Gasteiger partial charge in [0.2, 0.25) is 20.0 Å².